The van der Waals surface area contributed by atoms with Crippen molar-refractivity contribution < 1.29 is 0 Å². The molecule has 2 rings (SSSR count). The summed E-state index contributed by atoms with van der Waals surface area (Å²) in [6, 6.07) is 0. The van der Waals surface area contributed by atoms with Gasteiger partial charge in [-0.05, 0) is 37.5 Å². The van der Waals surface area contributed by atoms with Crippen LogP contribution in [-0.2, 0) is 13.6 Å². The lowest BCUT2D eigenvalue weighted by Gasteiger charge is -2.31. The van der Waals surface area contributed by atoms with Gasteiger partial charge in [0, 0.05) is 31.9 Å². The van der Waals surface area contributed by atoms with Gasteiger partial charge in [0.05, 0.1) is 5.69 Å². The summed E-state index contributed by atoms with van der Waals surface area (Å²) in [5.74, 6) is 0.806. The fourth-order valence-corrected chi connectivity index (χ4v) is 3.73. The van der Waals surface area contributed by atoms with Crippen LogP contribution in [0.5, 0.6) is 0 Å². The molecule has 19 heavy (non-hydrogen) atoms. The Bertz CT molecular complexity index is 400. The first-order valence-corrected chi connectivity index (χ1v) is 7.71. The molecule has 0 atom stereocenters. The molecule has 1 aliphatic rings. The van der Waals surface area contributed by atoms with Crippen molar-refractivity contribution in [2.45, 2.75) is 59.4 Å². The fourth-order valence-electron chi connectivity index (χ4n) is 3.73. The quantitative estimate of drug-likeness (QED) is 0.852. The second kappa shape index (κ2) is 6.08. The average Bonchev–Trinajstić information content (AvgIpc) is 2.86. The summed E-state index contributed by atoms with van der Waals surface area (Å²) in [6.45, 7) is 8.92. The number of aryl methyl sites for hydroxylation is 2. The highest BCUT2D eigenvalue weighted by Crippen LogP contribution is 2.42. The highest BCUT2D eigenvalue weighted by atomic mass is 15.2. The molecule has 1 aromatic heterocycles. The van der Waals surface area contributed by atoms with E-state index in [-0.39, 0.29) is 0 Å². The van der Waals surface area contributed by atoms with E-state index in [2.05, 4.69) is 37.4 Å². The molecule has 0 radical (unpaired) electrons. The van der Waals surface area contributed by atoms with Gasteiger partial charge >= 0.3 is 0 Å². The molecular weight excluding hydrogens is 234 g/mol. The summed E-state index contributed by atoms with van der Waals surface area (Å²) in [5, 5.41) is 8.09. The SMILES string of the molecule is Cc1nn(C)cc1CNCC1(CC(C)C)CCCC1. The van der Waals surface area contributed by atoms with E-state index in [9.17, 15) is 0 Å². The maximum Gasteiger partial charge on any atom is 0.0638 e. The Morgan fingerprint density at radius 2 is 2.05 bits per heavy atom. The smallest absolute Gasteiger partial charge is 0.0638 e. The Balaban J connectivity index is 1.87. The Morgan fingerprint density at radius 3 is 2.58 bits per heavy atom. The first-order chi connectivity index (χ1) is 9.01. The van der Waals surface area contributed by atoms with E-state index in [0.717, 1.165) is 18.2 Å². The molecule has 108 valence electrons. The van der Waals surface area contributed by atoms with Crippen molar-refractivity contribution in [2.24, 2.45) is 18.4 Å². The van der Waals surface area contributed by atoms with Crippen LogP contribution < -0.4 is 5.32 Å². The van der Waals surface area contributed by atoms with E-state index >= 15 is 0 Å². The normalized spacial score (nSPS) is 18.4. The van der Waals surface area contributed by atoms with Crippen LogP contribution in [0.4, 0.5) is 0 Å². The van der Waals surface area contributed by atoms with E-state index in [1.165, 1.54) is 44.2 Å². The molecule has 1 heterocycles. The van der Waals surface area contributed by atoms with Crippen LogP contribution in [0.3, 0.4) is 0 Å². The van der Waals surface area contributed by atoms with Crippen LogP contribution in [0.2, 0.25) is 0 Å². The van der Waals surface area contributed by atoms with Crippen molar-refractivity contribution in [1.82, 2.24) is 15.1 Å². The fraction of sp³-hybridized carbons (Fsp3) is 0.812. The molecule has 1 saturated carbocycles. The summed E-state index contributed by atoms with van der Waals surface area (Å²) in [4.78, 5) is 0. The van der Waals surface area contributed by atoms with E-state index in [1.807, 2.05) is 11.7 Å². The molecule has 0 aliphatic heterocycles. The van der Waals surface area contributed by atoms with Gasteiger partial charge in [-0.3, -0.25) is 4.68 Å². The van der Waals surface area contributed by atoms with Crippen LogP contribution in [0.1, 0.15) is 57.2 Å². The van der Waals surface area contributed by atoms with Crippen molar-refractivity contribution in [3.05, 3.63) is 17.5 Å². The molecule has 1 N–H and O–H groups in total. The monoisotopic (exact) mass is 263 g/mol. The largest absolute Gasteiger partial charge is 0.312 e. The van der Waals surface area contributed by atoms with Gasteiger partial charge in [-0.25, -0.2) is 0 Å². The molecule has 0 aromatic carbocycles. The topological polar surface area (TPSA) is 29.9 Å². The van der Waals surface area contributed by atoms with Gasteiger partial charge in [0.2, 0.25) is 0 Å². The minimum Gasteiger partial charge on any atom is -0.312 e. The first-order valence-electron chi connectivity index (χ1n) is 7.71. The summed E-state index contributed by atoms with van der Waals surface area (Å²) in [6.07, 6.45) is 9.15. The van der Waals surface area contributed by atoms with E-state index in [4.69, 9.17) is 0 Å². The Kier molecular flexibility index (Phi) is 4.67. The second-order valence-corrected chi connectivity index (χ2v) is 6.82. The van der Waals surface area contributed by atoms with Gasteiger partial charge in [0.25, 0.3) is 0 Å². The second-order valence-electron chi connectivity index (χ2n) is 6.82. The minimum absolute atomic E-state index is 0.560. The highest BCUT2D eigenvalue weighted by molar-refractivity contribution is 5.14. The Hall–Kier alpha value is -0.830. The number of nitrogens with one attached hydrogen (secondary N) is 1. The molecule has 1 aromatic rings. The van der Waals surface area contributed by atoms with Crippen LogP contribution in [0.25, 0.3) is 0 Å². The lowest BCUT2D eigenvalue weighted by molar-refractivity contribution is 0.223. The van der Waals surface area contributed by atoms with Gasteiger partial charge in [-0.15, -0.1) is 0 Å². The third-order valence-electron chi connectivity index (χ3n) is 4.44. The zero-order valence-electron chi connectivity index (χ0n) is 13.0. The zero-order chi connectivity index (χ0) is 13.9. The third kappa shape index (κ3) is 3.82. The van der Waals surface area contributed by atoms with Crippen LogP contribution >= 0.6 is 0 Å². The molecule has 0 saturated heterocycles. The minimum atomic E-state index is 0.560. The van der Waals surface area contributed by atoms with Crippen molar-refractivity contribution in [1.29, 1.82) is 0 Å². The van der Waals surface area contributed by atoms with Crippen LogP contribution in [-0.4, -0.2) is 16.3 Å². The molecular formula is C16H29N3. The van der Waals surface area contributed by atoms with Crippen LogP contribution in [0.15, 0.2) is 6.20 Å². The number of hydrogen-bond donors (Lipinski definition) is 1. The molecule has 0 bridgehead atoms. The van der Waals surface area contributed by atoms with Gasteiger partial charge in [0.15, 0.2) is 0 Å². The molecule has 0 spiro atoms. The van der Waals surface area contributed by atoms with Gasteiger partial charge in [-0.1, -0.05) is 26.7 Å². The average molecular weight is 263 g/mol. The summed E-state index contributed by atoms with van der Waals surface area (Å²) in [5.41, 5.74) is 3.05. The molecule has 1 aliphatic carbocycles. The maximum atomic E-state index is 4.40. The predicted molar refractivity (Wildman–Crippen MR) is 80.0 cm³/mol. The lowest BCUT2D eigenvalue weighted by atomic mass is 9.78. The standard InChI is InChI=1S/C16H29N3/c1-13(2)9-16(7-5-6-8-16)12-17-10-15-11-19(4)18-14(15)3/h11,13,17H,5-10,12H2,1-4H3. The zero-order valence-corrected chi connectivity index (χ0v) is 13.0. The number of hydrogen-bond acceptors (Lipinski definition) is 2. The van der Waals surface area contributed by atoms with Crippen molar-refractivity contribution in [3.8, 4) is 0 Å². The molecule has 1 fully saturated rings. The molecule has 3 heteroatoms. The van der Waals surface area contributed by atoms with Crippen molar-refractivity contribution in [3.63, 3.8) is 0 Å². The van der Waals surface area contributed by atoms with Gasteiger partial charge in [0.1, 0.15) is 0 Å². The Morgan fingerprint density at radius 1 is 1.37 bits per heavy atom. The highest BCUT2D eigenvalue weighted by Gasteiger charge is 2.33. The van der Waals surface area contributed by atoms with Gasteiger partial charge in [-0.2, -0.15) is 5.10 Å². The Labute approximate surface area is 117 Å². The van der Waals surface area contributed by atoms with Crippen molar-refractivity contribution in [2.75, 3.05) is 6.54 Å². The maximum absolute atomic E-state index is 4.40. The van der Waals surface area contributed by atoms with Crippen molar-refractivity contribution >= 4 is 0 Å². The van der Waals surface area contributed by atoms with E-state index in [1.54, 1.807) is 0 Å². The number of rotatable bonds is 6. The number of aromatic nitrogens is 2. The number of nitrogens with zero attached hydrogens (tertiary/aromatic N) is 2. The summed E-state index contributed by atoms with van der Waals surface area (Å²) >= 11 is 0. The summed E-state index contributed by atoms with van der Waals surface area (Å²) in [7, 11) is 1.99. The molecule has 3 nitrogen and oxygen atoms in total. The van der Waals surface area contributed by atoms with Crippen LogP contribution in [0, 0.1) is 18.3 Å². The third-order valence-corrected chi connectivity index (χ3v) is 4.44. The molecule has 0 amide bonds. The molecule has 0 unspecified atom stereocenters. The van der Waals surface area contributed by atoms with Gasteiger partial charge < -0.3 is 5.32 Å². The predicted octanol–water partition coefficient (Wildman–Crippen LogP) is 3.42. The first kappa shape index (κ1) is 14.6. The van der Waals surface area contributed by atoms with E-state index < -0.39 is 0 Å². The van der Waals surface area contributed by atoms with E-state index in [0.29, 0.717) is 5.41 Å². The summed E-state index contributed by atoms with van der Waals surface area (Å²) < 4.78 is 1.91. The lowest BCUT2D eigenvalue weighted by Crippen LogP contribution is -2.33.